The molecule has 0 unspecified atom stereocenters. The summed E-state index contributed by atoms with van der Waals surface area (Å²) in [6.45, 7) is -0.182. The molecule has 0 saturated carbocycles. The van der Waals surface area contributed by atoms with Gasteiger partial charge in [-0.3, -0.25) is 15.0 Å². The van der Waals surface area contributed by atoms with Crippen molar-refractivity contribution < 1.29 is 32.2 Å². The Morgan fingerprint density at radius 2 is 1.92 bits per heavy atom. The normalized spacial score (nSPS) is 20.6. The molecule has 0 spiro atoms. The fourth-order valence-corrected chi connectivity index (χ4v) is 2.32. The van der Waals surface area contributed by atoms with E-state index in [-0.39, 0.29) is 25.0 Å². The van der Waals surface area contributed by atoms with E-state index in [1.54, 1.807) is 0 Å². The molecular weight excluding hydrogens is 343 g/mol. The molecule has 1 heterocycles. The Balaban J connectivity index is 1.73. The Bertz CT molecular complexity index is 599. The van der Waals surface area contributed by atoms with Crippen LogP contribution in [0.1, 0.15) is 18.4 Å². The average molecular weight is 361 g/mol. The molecule has 138 valence electrons. The van der Waals surface area contributed by atoms with E-state index in [1.165, 1.54) is 0 Å². The van der Waals surface area contributed by atoms with Crippen LogP contribution in [-0.4, -0.2) is 37.2 Å². The van der Waals surface area contributed by atoms with Crippen LogP contribution >= 0.6 is 0 Å². The van der Waals surface area contributed by atoms with Crippen molar-refractivity contribution in [2.24, 2.45) is 5.84 Å². The number of alkyl halides is 3. The highest BCUT2D eigenvalue weighted by Crippen LogP contribution is 2.30. The van der Waals surface area contributed by atoms with E-state index in [2.05, 4.69) is 5.32 Å². The maximum Gasteiger partial charge on any atom is 0.416 e. The molecule has 2 rings (SSSR count). The molecule has 4 N–H and O–H groups in total. The van der Waals surface area contributed by atoms with E-state index < -0.39 is 29.7 Å². The number of nitrogens with one attached hydrogen (secondary N) is 2. The summed E-state index contributed by atoms with van der Waals surface area (Å²) in [6.07, 6.45) is -4.12. The molecule has 2 amide bonds. The molecule has 0 bridgehead atoms. The lowest BCUT2D eigenvalue weighted by Gasteiger charge is -2.28. The maximum absolute atomic E-state index is 12.4. The van der Waals surface area contributed by atoms with Gasteiger partial charge in [-0.25, -0.2) is 5.84 Å². The van der Waals surface area contributed by atoms with Crippen LogP contribution in [0.2, 0.25) is 0 Å². The monoisotopic (exact) mass is 361 g/mol. The Hall–Kier alpha value is -2.33. The highest BCUT2D eigenvalue weighted by molar-refractivity contribution is 5.80. The Morgan fingerprint density at radius 1 is 1.24 bits per heavy atom. The number of ether oxygens (including phenoxy) is 2. The van der Waals surface area contributed by atoms with Crippen LogP contribution in [0.4, 0.5) is 13.2 Å². The van der Waals surface area contributed by atoms with E-state index in [1.807, 2.05) is 5.43 Å². The molecule has 0 aromatic heterocycles. The number of halogens is 3. The lowest BCUT2D eigenvalue weighted by Crippen LogP contribution is -2.49. The third kappa shape index (κ3) is 5.61. The average Bonchev–Trinajstić information content (AvgIpc) is 2.59. The lowest BCUT2D eigenvalue weighted by molar-refractivity contribution is -0.138. The van der Waals surface area contributed by atoms with E-state index in [0.29, 0.717) is 12.8 Å². The van der Waals surface area contributed by atoms with Crippen molar-refractivity contribution in [2.45, 2.75) is 31.2 Å². The van der Waals surface area contributed by atoms with Gasteiger partial charge in [-0.15, -0.1) is 0 Å². The van der Waals surface area contributed by atoms with Crippen LogP contribution in [0.25, 0.3) is 0 Å². The van der Waals surface area contributed by atoms with Gasteiger partial charge < -0.3 is 14.8 Å². The molecule has 1 aromatic rings. The van der Waals surface area contributed by atoms with E-state index in [4.69, 9.17) is 15.3 Å². The van der Waals surface area contributed by atoms with Gasteiger partial charge >= 0.3 is 6.18 Å². The molecule has 1 saturated heterocycles. The minimum atomic E-state index is -4.42. The standard InChI is InChI=1S/C15H18F3N3O4/c16-15(17,18)9-1-4-11(5-2-9)24-8-13(22)20-10-3-6-12(25-7-10)14(23)21-19/h1-2,4-5,10,12H,3,6-8,19H2,(H,20,22)(H,21,23)/t10-,12+/m0/s1. The van der Waals surface area contributed by atoms with Gasteiger partial charge in [0.15, 0.2) is 6.61 Å². The highest BCUT2D eigenvalue weighted by Gasteiger charge is 2.30. The predicted molar refractivity (Wildman–Crippen MR) is 80.2 cm³/mol. The number of carbonyl (C=O) groups is 2. The summed E-state index contributed by atoms with van der Waals surface area (Å²) in [5.41, 5.74) is 1.21. The second-order valence-electron chi connectivity index (χ2n) is 5.48. The number of hydrogen-bond acceptors (Lipinski definition) is 5. The molecule has 1 aromatic carbocycles. The van der Waals surface area contributed by atoms with E-state index in [0.717, 1.165) is 24.3 Å². The maximum atomic E-state index is 12.4. The topological polar surface area (TPSA) is 103 Å². The Kier molecular flexibility index (Phi) is 6.21. The van der Waals surface area contributed by atoms with E-state index >= 15 is 0 Å². The summed E-state index contributed by atoms with van der Waals surface area (Å²) in [7, 11) is 0. The largest absolute Gasteiger partial charge is 0.484 e. The molecular formula is C15H18F3N3O4. The second kappa shape index (κ2) is 8.17. The minimum Gasteiger partial charge on any atom is -0.484 e. The van der Waals surface area contributed by atoms with Crippen LogP contribution in [0.5, 0.6) is 5.75 Å². The molecule has 0 radical (unpaired) electrons. The quantitative estimate of drug-likeness (QED) is 0.408. The first-order chi connectivity index (χ1) is 11.8. The van der Waals surface area contributed by atoms with E-state index in [9.17, 15) is 22.8 Å². The molecule has 10 heteroatoms. The number of hydrogen-bond donors (Lipinski definition) is 3. The molecule has 1 aliphatic heterocycles. The minimum absolute atomic E-state index is 0.155. The van der Waals surface area contributed by atoms with Crippen LogP contribution < -0.4 is 21.3 Å². The summed E-state index contributed by atoms with van der Waals surface area (Å²) in [5.74, 6) is 4.32. The zero-order chi connectivity index (χ0) is 18.4. The number of hydrazine groups is 1. The number of benzene rings is 1. The van der Waals surface area contributed by atoms with Crippen molar-refractivity contribution in [2.75, 3.05) is 13.2 Å². The second-order valence-corrected chi connectivity index (χ2v) is 5.48. The first-order valence-corrected chi connectivity index (χ1v) is 7.51. The van der Waals surface area contributed by atoms with Crippen molar-refractivity contribution in [3.63, 3.8) is 0 Å². The highest BCUT2D eigenvalue weighted by atomic mass is 19.4. The third-order valence-corrected chi connectivity index (χ3v) is 3.63. The van der Waals surface area contributed by atoms with Gasteiger partial charge in [0.2, 0.25) is 0 Å². The number of nitrogens with two attached hydrogens (primary N) is 1. The summed E-state index contributed by atoms with van der Waals surface area (Å²) in [5, 5.41) is 2.67. The molecule has 0 aliphatic carbocycles. The smallest absolute Gasteiger partial charge is 0.416 e. The number of amides is 2. The summed E-state index contributed by atoms with van der Waals surface area (Å²) >= 11 is 0. The third-order valence-electron chi connectivity index (χ3n) is 3.63. The molecule has 1 fully saturated rings. The van der Waals surface area contributed by atoms with Gasteiger partial charge in [0.05, 0.1) is 18.2 Å². The van der Waals surface area contributed by atoms with Crippen molar-refractivity contribution in [1.82, 2.24) is 10.7 Å². The molecule has 1 aliphatic rings. The van der Waals surface area contributed by atoms with Crippen LogP contribution in [-0.2, 0) is 20.5 Å². The number of carbonyl (C=O) groups excluding carboxylic acids is 2. The zero-order valence-electron chi connectivity index (χ0n) is 13.1. The fraction of sp³-hybridized carbons (Fsp3) is 0.467. The molecule has 2 atom stereocenters. The van der Waals surface area contributed by atoms with Gasteiger partial charge in [0.1, 0.15) is 11.9 Å². The van der Waals surface area contributed by atoms with Gasteiger partial charge in [0, 0.05) is 0 Å². The lowest BCUT2D eigenvalue weighted by atomic mass is 10.0. The summed E-state index contributed by atoms with van der Waals surface area (Å²) in [4.78, 5) is 23.1. The Morgan fingerprint density at radius 3 is 2.44 bits per heavy atom. The number of rotatable bonds is 5. The zero-order valence-corrected chi connectivity index (χ0v) is 13.1. The molecule has 7 nitrogen and oxygen atoms in total. The Labute approximate surface area is 141 Å². The summed E-state index contributed by atoms with van der Waals surface area (Å²) < 4.78 is 47.8. The fourth-order valence-electron chi connectivity index (χ4n) is 2.32. The predicted octanol–water partition coefficient (Wildman–Crippen LogP) is 0.738. The van der Waals surface area contributed by atoms with Crippen LogP contribution in [0, 0.1) is 0 Å². The van der Waals surface area contributed by atoms with Gasteiger partial charge in [-0.1, -0.05) is 0 Å². The summed E-state index contributed by atoms with van der Waals surface area (Å²) in [6, 6.07) is 3.78. The van der Waals surface area contributed by atoms with Crippen molar-refractivity contribution in [3.05, 3.63) is 29.8 Å². The van der Waals surface area contributed by atoms with Crippen molar-refractivity contribution >= 4 is 11.8 Å². The molecule has 25 heavy (non-hydrogen) atoms. The first-order valence-electron chi connectivity index (χ1n) is 7.51. The van der Waals surface area contributed by atoms with Crippen LogP contribution in [0.15, 0.2) is 24.3 Å². The van der Waals surface area contributed by atoms with Gasteiger partial charge in [-0.2, -0.15) is 13.2 Å². The van der Waals surface area contributed by atoms with Gasteiger partial charge in [0.25, 0.3) is 11.8 Å². The SMILES string of the molecule is NNC(=O)[C@H]1CC[C@H](NC(=O)COc2ccc(C(F)(F)F)cc2)CO1. The van der Waals surface area contributed by atoms with Gasteiger partial charge in [-0.05, 0) is 37.1 Å². The van der Waals surface area contributed by atoms with Crippen molar-refractivity contribution in [3.8, 4) is 5.75 Å². The van der Waals surface area contributed by atoms with Crippen LogP contribution in [0.3, 0.4) is 0 Å². The van der Waals surface area contributed by atoms with Crippen molar-refractivity contribution in [1.29, 1.82) is 0 Å². The first kappa shape index (κ1) is 19.0.